The number of rotatable bonds is 4. The average molecular weight is 260 g/mol. The third-order valence-electron chi connectivity index (χ3n) is 2.60. The standard InChI is InChI=1S/C13H12N2O4/c1-14-9-10(12(17)11(9)16)15-13(18)19-7-8-5-3-2-4-6-8/h2-6,14H,7H2,1H3,(H,15,18). The molecule has 0 aliphatic carbocycles. The van der Waals surface area contributed by atoms with Crippen molar-refractivity contribution in [3.8, 4) is 0 Å². The largest absolute Gasteiger partial charge is 0.444 e. The number of nitrogens with one attached hydrogen (secondary N) is 2. The Morgan fingerprint density at radius 3 is 2.37 bits per heavy atom. The van der Waals surface area contributed by atoms with E-state index in [0.29, 0.717) is 0 Å². The van der Waals surface area contributed by atoms with Crippen LogP contribution in [0.15, 0.2) is 39.9 Å². The summed E-state index contributed by atoms with van der Waals surface area (Å²) in [6.07, 6.45) is -0.771. The predicted molar refractivity (Wildman–Crippen MR) is 71.2 cm³/mol. The van der Waals surface area contributed by atoms with Crippen LogP contribution in [-0.4, -0.2) is 13.1 Å². The van der Waals surface area contributed by atoms with Crippen LogP contribution < -0.4 is 21.5 Å². The Labute approximate surface area is 108 Å². The molecule has 2 N–H and O–H groups in total. The SMILES string of the molecule is CNc1c(NC(=O)OCc2ccccc2)c(=O)c1=O. The molecule has 2 rings (SSSR count). The van der Waals surface area contributed by atoms with Crippen LogP contribution in [0.5, 0.6) is 0 Å². The molecule has 0 saturated heterocycles. The highest BCUT2D eigenvalue weighted by atomic mass is 16.5. The predicted octanol–water partition coefficient (Wildman–Crippen LogP) is 1.07. The molecular formula is C13H12N2O4. The minimum Gasteiger partial charge on any atom is -0.444 e. The second-order valence-electron chi connectivity index (χ2n) is 3.84. The minimum atomic E-state index is -0.771. The molecule has 0 heterocycles. The first kappa shape index (κ1) is 12.8. The van der Waals surface area contributed by atoms with E-state index in [-0.39, 0.29) is 18.0 Å². The molecule has 2 aromatic rings. The lowest BCUT2D eigenvalue weighted by atomic mass is 10.2. The van der Waals surface area contributed by atoms with Crippen LogP contribution in [0.3, 0.4) is 0 Å². The van der Waals surface area contributed by atoms with Gasteiger partial charge in [-0.3, -0.25) is 14.9 Å². The van der Waals surface area contributed by atoms with E-state index in [9.17, 15) is 14.4 Å². The van der Waals surface area contributed by atoms with Crippen molar-refractivity contribution in [3.63, 3.8) is 0 Å². The fourth-order valence-electron chi connectivity index (χ4n) is 1.61. The van der Waals surface area contributed by atoms with E-state index in [4.69, 9.17) is 4.74 Å². The highest BCUT2D eigenvalue weighted by Crippen LogP contribution is 2.13. The number of hydrogen-bond acceptors (Lipinski definition) is 5. The van der Waals surface area contributed by atoms with Gasteiger partial charge in [0.15, 0.2) is 0 Å². The Hall–Kier alpha value is -2.63. The average Bonchev–Trinajstić information content (AvgIpc) is 2.45. The third kappa shape index (κ3) is 2.62. The highest BCUT2D eigenvalue weighted by molar-refractivity contribution is 5.91. The number of anilines is 2. The number of carbonyl (C=O) groups excluding carboxylic acids is 1. The smallest absolute Gasteiger partial charge is 0.412 e. The zero-order valence-electron chi connectivity index (χ0n) is 10.2. The second-order valence-corrected chi connectivity index (χ2v) is 3.84. The quantitative estimate of drug-likeness (QED) is 0.803. The zero-order chi connectivity index (χ0) is 13.8. The molecular weight excluding hydrogens is 248 g/mol. The lowest BCUT2D eigenvalue weighted by Crippen LogP contribution is -2.38. The molecule has 0 bridgehead atoms. The molecule has 1 amide bonds. The molecule has 98 valence electrons. The van der Waals surface area contributed by atoms with Gasteiger partial charge in [0.2, 0.25) is 0 Å². The van der Waals surface area contributed by atoms with Gasteiger partial charge in [0.05, 0.1) is 0 Å². The van der Waals surface area contributed by atoms with Crippen molar-refractivity contribution < 1.29 is 9.53 Å². The lowest BCUT2D eigenvalue weighted by Gasteiger charge is -2.11. The molecule has 0 fully saturated rings. The Bertz CT molecular complexity index is 657. The van der Waals surface area contributed by atoms with Crippen LogP contribution >= 0.6 is 0 Å². The Kier molecular flexibility index (Phi) is 3.61. The van der Waals surface area contributed by atoms with E-state index in [0.717, 1.165) is 5.56 Å². The summed E-state index contributed by atoms with van der Waals surface area (Å²) in [4.78, 5) is 33.8. The van der Waals surface area contributed by atoms with Gasteiger partial charge in [-0.25, -0.2) is 4.79 Å². The van der Waals surface area contributed by atoms with E-state index in [1.807, 2.05) is 30.3 Å². The van der Waals surface area contributed by atoms with Crippen molar-refractivity contribution in [2.45, 2.75) is 6.61 Å². The molecule has 0 aliphatic rings. The van der Waals surface area contributed by atoms with Gasteiger partial charge in [0.25, 0.3) is 10.9 Å². The third-order valence-corrected chi connectivity index (χ3v) is 2.60. The molecule has 0 unspecified atom stereocenters. The summed E-state index contributed by atoms with van der Waals surface area (Å²) in [5, 5.41) is 4.80. The fourth-order valence-corrected chi connectivity index (χ4v) is 1.61. The lowest BCUT2D eigenvalue weighted by molar-refractivity contribution is 0.155. The van der Waals surface area contributed by atoms with E-state index < -0.39 is 17.0 Å². The molecule has 6 nitrogen and oxygen atoms in total. The van der Waals surface area contributed by atoms with Crippen molar-refractivity contribution in [2.24, 2.45) is 0 Å². The molecule has 0 saturated carbocycles. The Balaban J connectivity index is 1.94. The Morgan fingerprint density at radius 2 is 1.74 bits per heavy atom. The summed E-state index contributed by atoms with van der Waals surface area (Å²) in [6.45, 7) is 0.0942. The van der Waals surface area contributed by atoms with E-state index in [1.165, 1.54) is 7.05 Å². The van der Waals surface area contributed by atoms with Crippen LogP contribution in [0.4, 0.5) is 16.2 Å². The summed E-state index contributed by atoms with van der Waals surface area (Å²) in [7, 11) is 1.50. The van der Waals surface area contributed by atoms with Crippen LogP contribution in [0.1, 0.15) is 5.56 Å². The van der Waals surface area contributed by atoms with Gasteiger partial charge in [0.1, 0.15) is 18.0 Å². The molecule has 19 heavy (non-hydrogen) atoms. The summed E-state index contributed by atoms with van der Waals surface area (Å²) < 4.78 is 4.94. The first-order chi connectivity index (χ1) is 9.13. The molecule has 6 heteroatoms. The molecule has 0 radical (unpaired) electrons. The van der Waals surface area contributed by atoms with E-state index in [1.54, 1.807) is 0 Å². The van der Waals surface area contributed by atoms with Gasteiger partial charge in [-0.05, 0) is 5.56 Å². The fraction of sp³-hybridized carbons (Fsp3) is 0.154. The van der Waals surface area contributed by atoms with Crippen molar-refractivity contribution in [3.05, 3.63) is 56.3 Å². The molecule has 2 aromatic carbocycles. The van der Waals surface area contributed by atoms with E-state index in [2.05, 4.69) is 10.6 Å². The van der Waals surface area contributed by atoms with Gasteiger partial charge < -0.3 is 10.1 Å². The first-order valence-electron chi connectivity index (χ1n) is 5.62. The monoisotopic (exact) mass is 260 g/mol. The number of hydrogen-bond donors (Lipinski definition) is 2. The van der Waals surface area contributed by atoms with Gasteiger partial charge in [-0.15, -0.1) is 0 Å². The van der Waals surface area contributed by atoms with Crippen LogP contribution in [-0.2, 0) is 11.3 Å². The van der Waals surface area contributed by atoms with Crippen molar-refractivity contribution in [2.75, 3.05) is 17.7 Å². The van der Waals surface area contributed by atoms with Crippen LogP contribution in [0, 0.1) is 0 Å². The Morgan fingerprint density at radius 1 is 1.11 bits per heavy atom. The summed E-state index contributed by atoms with van der Waals surface area (Å²) in [6, 6.07) is 9.12. The number of amides is 1. The summed E-state index contributed by atoms with van der Waals surface area (Å²) in [5.41, 5.74) is -0.481. The van der Waals surface area contributed by atoms with Gasteiger partial charge in [-0.2, -0.15) is 0 Å². The second kappa shape index (κ2) is 5.34. The maximum absolute atomic E-state index is 11.5. The highest BCUT2D eigenvalue weighted by Gasteiger charge is 2.21. The first-order valence-corrected chi connectivity index (χ1v) is 5.62. The van der Waals surface area contributed by atoms with Gasteiger partial charge >= 0.3 is 6.09 Å². The molecule has 0 aromatic heterocycles. The van der Waals surface area contributed by atoms with Gasteiger partial charge in [0, 0.05) is 7.05 Å². The maximum Gasteiger partial charge on any atom is 0.412 e. The molecule has 0 aliphatic heterocycles. The summed E-state index contributed by atoms with van der Waals surface area (Å²) in [5.74, 6) is 0. The van der Waals surface area contributed by atoms with E-state index >= 15 is 0 Å². The van der Waals surface area contributed by atoms with Crippen LogP contribution in [0.25, 0.3) is 0 Å². The molecule has 0 atom stereocenters. The van der Waals surface area contributed by atoms with Crippen molar-refractivity contribution in [1.29, 1.82) is 0 Å². The van der Waals surface area contributed by atoms with Crippen molar-refractivity contribution >= 4 is 17.5 Å². The topological polar surface area (TPSA) is 84.5 Å². The number of benzene rings is 1. The van der Waals surface area contributed by atoms with Crippen LogP contribution in [0.2, 0.25) is 0 Å². The summed E-state index contributed by atoms with van der Waals surface area (Å²) >= 11 is 0. The minimum absolute atomic E-state index is 0.0504. The van der Waals surface area contributed by atoms with Crippen molar-refractivity contribution in [1.82, 2.24) is 0 Å². The van der Waals surface area contributed by atoms with Gasteiger partial charge in [-0.1, -0.05) is 30.3 Å². The zero-order valence-corrected chi connectivity index (χ0v) is 10.2. The maximum atomic E-state index is 11.5. The molecule has 0 spiro atoms. The number of ether oxygens (including phenoxy) is 1. The normalized spacial score (nSPS) is 10.2. The number of carbonyl (C=O) groups is 1.